The first-order chi connectivity index (χ1) is 10.1. The molecule has 5 heteroatoms. The molecule has 0 atom stereocenters. The number of pyridine rings is 1. The van der Waals surface area contributed by atoms with E-state index in [2.05, 4.69) is 15.6 Å². The maximum Gasteiger partial charge on any atom is 0.255 e. The van der Waals surface area contributed by atoms with E-state index in [-0.39, 0.29) is 12.0 Å². The second-order valence-corrected chi connectivity index (χ2v) is 4.82. The number of ether oxygens (including phenoxy) is 1. The van der Waals surface area contributed by atoms with Crippen molar-refractivity contribution in [3.8, 4) is 5.75 Å². The van der Waals surface area contributed by atoms with Crippen LogP contribution in [0.15, 0.2) is 42.6 Å². The molecule has 0 saturated heterocycles. The SMILES string of the molecule is CNc1cc(C(=O)Nc2ccc(OC(C)C)cc2)ccn1. The van der Waals surface area contributed by atoms with Crippen molar-refractivity contribution in [2.24, 2.45) is 0 Å². The van der Waals surface area contributed by atoms with Gasteiger partial charge in [-0.05, 0) is 50.2 Å². The minimum atomic E-state index is -0.175. The van der Waals surface area contributed by atoms with Crippen LogP contribution in [0, 0.1) is 0 Å². The summed E-state index contributed by atoms with van der Waals surface area (Å²) in [6.45, 7) is 3.94. The van der Waals surface area contributed by atoms with Crippen LogP contribution in [0.2, 0.25) is 0 Å². The molecular weight excluding hydrogens is 266 g/mol. The van der Waals surface area contributed by atoms with Gasteiger partial charge >= 0.3 is 0 Å². The number of amides is 1. The summed E-state index contributed by atoms with van der Waals surface area (Å²) in [4.78, 5) is 16.2. The molecule has 0 aliphatic heterocycles. The average Bonchev–Trinajstić information content (AvgIpc) is 2.49. The summed E-state index contributed by atoms with van der Waals surface area (Å²) in [5, 5.41) is 5.74. The molecular formula is C16H19N3O2. The highest BCUT2D eigenvalue weighted by Crippen LogP contribution is 2.18. The van der Waals surface area contributed by atoms with Crippen LogP contribution in [-0.2, 0) is 0 Å². The fraction of sp³-hybridized carbons (Fsp3) is 0.250. The predicted octanol–water partition coefficient (Wildman–Crippen LogP) is 3.16. The van der Waals surface area contributed by atoms with Gasteiger partial charge in [-0.1, -0.05) is 0 Å². The molecule has 2 N–H and O–H groups in total. The first kappa shape index (κ1) is 14.8. The molecule has 2 rings (SSSR count). The van der Waals surface area contributed by atoms with Crippen molar-refractivity contribution >= 4 is 17.4 Å². The molecule has 1 heterocycles. The van der Waals surface area contributed by atoms with E-state index in [1.54, 1.807) is 25.4 Å². The molecule has 0 radical (unpaired) electrons. The number of benzene rings is 1. The van der Waals surface area contributed by atoms with Gasteiger partial charge in [0, 0.05) is 24.5 Å². The molecule has 0 aliphatic rings. The lowest BCUT2D eigenvalue weighted by Gasteiger charge is -2.11. The van der Waals surface area contributed by atoms with Gasteiger partial charge in [-0.3, -0.25) is 4.79 Å². The first-order valence-electron chi connectivity index (χ1n) is 6.80. The van der Waals surface area contributed by atoms with Crippen LogP contribution in [0.4, 0.5) is 11.5 Å². The highest BCUT2D eigenvalue weighted by molar-refractivity contribution is 6.04. The monoisotopic (exact) mass is 285 g/mol. The minimum absolute atomic E-state index is 0.127. The summed E-state index contributed by atoms with van der Waals surface area (Å²) in [5.41, 5.74) is 1.27. The Balaban J connectivity index is 2.05. The van der Waals surface area contributed by atoms with E-state index < -0.39 is 0 Å². The number of nitrogens with zero attached hydrogens (tertiary/aromatic N) is 1. The van der Waals surface area contributed by atoms with Crippen molar-refractivity contribution < 1.29 is 9.53 Å². The van der Waals surface area contributed by atoms with Gasteiger partial charge in [0.05, 0.1) is 6.10 Å². The predicted molar refractivity (Wildman–Crippen MR) is 83.9 cm³/mol. The summed E-state index contributed by atoms with van der Waals surface area (Å²) in [5.74, 6) is 1.26. The van der Waals surface area contributed by atoms with E-state index >= 15 is 0 Å². The zero-order chi connectivity index (χ0) is 15.2. The van der Waals surface area contributed by atoms with Gasteiger partial charge in [0.15, 0.2) is 0 Å². The Bertz CT molecular complexity index is 609. The molecule has 1 aromatic heterocycles. The highest BCUT2D eigenvalue weighted by atomic mass is 16.5. The molecule has 2 aromatic rings. The van der Waals surface area contributed by atoms with Gasteiger partial charge in [-0.15, -0.1) is 0 Å². The Kier molecular flexibility index (Phi) is 4.77. The van der Waals surface area contributed by atoms with Crippen LogP contribution in [0.5, 0.6) is 5.75 Å². The zero-order valence-electron chi connectivity index (χ0n) is 12.4. The van der Waals surface area contributed by atoms with Crippen molar-refractivity contribution in [1.29, 1.82) is 0 Å². The number of anilines is 2. The second-order valence-electron chi connectivity index (χ2n) is 4.82. The molecule has 1 amide bonds. The standard InChI is InChI=1S/C16H19N3O2/c1-11(2)21-14-6-4-13(5-7-14)19-16(20)12-8-9-18-15(10-12)17-3/h4-11H,1-3H3,(H,17,18)(H,19,20). The number of nitrogens with one attached hydrogen (secondary N) is 2. The molecule has 0 unspecified atom stereocenters. The number of aromatic nitrogens is 1. The molecule has 110 valence electrons. The van der Waals surface area contributed by atoms with Crippen molar-refractivity contribution in [3.63, 3.8) is 0 Å². The zero-order valence-corrected chi connectivity index (χ0v) is 12.4. The third kappa shape index (κ3) is 4.21. The van der Waals surface area contributed by atoms with E-state index in [0.29, 0.717) is 11.4 Å². The lowest BCUT2D eigenvalue weighted by molar-refractivity contribution is 0.102. The van der Waals surface area contributed by atoms with Gasteiger partial charge in [-0.2, -0.15) is 0 Å². The lowest BCUT2D eigenvalue weighted by Crippen LogP contribution is -2.12. The van der Waals surface area contributed by atoms with E-state index in [4.69, 9.17) is 4.74 Å². The quantitative estimate of drug-likeness (QED) is 0.885. The van der Waals surface area contributed by atoms with Crippen molar-refractivity contribution in [3.05, 3.63) is 48.2 Å². The fourth-order valence-electron chi connectivity index (χ4n) is 1.80. The largest absolute Gasteiger partial charge is 0.491 e. The smallest absolute Gasteiger partial charge is 0.255 e. The van der Waals surface area contributed by atoms with Crippen LogP contribution in [0.25, 0.3) is 0 Å². The summed E-state index contributed by atoms with van der Waals surface area (Å²) in [6, 6.07) is 10.7. The van der Waals surface area contributed by atoms with E-state index in [1.165, 1.54) is 0 Å². The highest BCUT2D eigenvalue weighted by Gasteiger charge is 2.07. The van der Waals surface area contributed by atoms with Crippen LogP contribution in [0.1, 0.15) is 24.2 Å². The molecule has 5 nitrogen and oxygen atoms in total. The Morgan fingerprint density at radius 1 is 1.19 bits per heavy atom. The van der Waals surface area contributed by atoms with Gasteiger partial charge in [0.1, 0.15) is 11.6 Å². The van der Waals surface area contributed by atoms with Gasteiger partial charge in [0.2, 0.25) is 0 Å². The Labute approximate surface area is 124 Å². The summed E-state index contributed by atoms with van der Waals surface area (Å²) in [6.07, 6.45) is 1.72. The number of carbonyl (C=O) groups excluding carboxylic acids is 1. The lowest BCUT2D eigenvalue weighted by atomic mass is 10.2. The molecule has 0 aliphatic carbocycles. The molecule has 0 saturated carbocycles. The Morgan fingerprint density at radius 2 is 1.90 bits per heavy atom. The number of hydrogen-bond acceptors (Lipinski definition) is 4. The van der Waals surface area contributed by atoms with Crippen LogP contribution in [0.3, 0.4) is 0 Å². The summed E-state index contributed by atoms with van der Waals surface area (Å²) >= 11 is 0. The molecule has 21 heavy (non-hydrogen) atoms. The Hall–Kier alpha value is -2.56. The maximum atomic E-state index is 12.1. The molecule has 1 aromatic carbocycles. The summed E-state index contributed by atoms with van der Waals surface area (Å²) < 4.78 is 5.56. The third-order valence-electron chi connectivity index (χ3n) is 2.76. The van der Waals surface area contributed by atoms with E-state index in [1.807, 2.05) is 38.1 Å². The number of carbonyl (C=O) groups is 1. The first-order valence-corrected chi connectivity index (χ1v) is 6.80. The number of rotatable bonds is 5. The van der Waals surface area contributed by atoms with Crippen LogP contribution >= 0.6 is 0 Å². The molecule has 0 fully saturated rings. The second kappa shape index (κ2) is 6.74. The maximum absolute atomic E-state index is 12.1. The van der Waals surface area contributed by atoms with Gasteiger partial charge in [-0.25, -0.2) is 4.98 Å². The van der Waals surface area contributed by atoms with Crippen molar-refractivity contribution in [2.75, 3.05) is 17.7 Å². The van der Waals surface area contributed by atoms with Crippen molar-refractivity contribution in [1.82, 2.24) is 4.98 Å². The van der Waals surface area contributed by atoms with E-state index in [9.17, 15) is 4.79 Å². The third-order valence-corrected chi connectivity index (χ3v) is 2.76. The number of hydrogen-bond donors (Lipinski definition) is 2. The minimum Gasteiger partial charge on any atom is -0.491 e. The van der Waals surface area contributed by atoms with Crippen molar-refractivity contribution in [2.45, 2.75) is 20.0 Å². The summed E-state index contributed by atoms with van der Waals surface area (Å²) in [7, 11) is 1.76. The van der Waals surface area contributed by atoms with Gasteiger partial charge < -0.3 is 15.4 Å². The van der Waals surface area contributed by atoms with Gasteiger partial charge in [0.25, 0.3) is 5.91 Å². The Morgan fingerprint density at radius 3 is 2.52 bits per heavy atom. The molecule has 0 bridgehead atoms. The normalized spacial score (nSPS) is 10.3. The molecule has 0 spiro atoms. The average molecular weight is 285 g/mol. The van der Waals surface area contributed by atoms with Crippen LogP contribution < -0.4 is 15.4 Å². The topological polar surface area (TPSA) is 63.2 Å². The fourth-order valence-corrected chi connectivity index (χ4v) is 1.80. The van der Waals surface area contributed by atoms with Crippen LogP contribution in [-0.4, -0.2) is 24.0 Å². The van der Waals surface area contributed by atoms with E-state index in [0.717, 1.165) is 11.4 Å².